The van der Waals surface area contributed by atoms with Crippen molar-refractivity contribution in [2.45, 2.75) is 141 Å². The third kappa shape index (κ3) is 9.73. The molecule has 11 aromatic rings. The summed E-state index contributed by atoms with van der Waals surface area (Å²) in [7, 11) is 0. The highest BCUT2D eigenvalue weighted by Crippen LogP contribution is 2.51. The highest BCUT2D eigenvalue weighted by molar-refractivity contribution is 8.00. The summed E-state index contributed by atoms with van der Waals surface area (Å²) in [4.78, 5) is 4.83. The molecule has 2 aliphatic rings. The summed E-state index contributed by atoms with van der Waals surface area (Å²) >= 11 is 1.80. The maximum absolute atomic E-state index is 9.84. The van der Waals surface area contributed by atoms with Crippen molar-refractivity contribution in [3.05, 3.63) is 234 Å². The van der Waals surface area contributed by atoms with Gasteiger partial charge in [0.1, 0.15) is 0 Å². The Labute approximate surface area is 510 Å². The van der Waals surface area contributed by atoms with Crippen LogP contribution in [0.3, 0.4) is 0 Å². The van der Waals surface area contributed by atoms with E-state index in [0.29, 0.717) is 10.9 Å². The summed E-state index contributed by atoms with van der Waals surface area (Å²) in [5, 5.41) is 1.32. The van der Waals surface area contributed by atoms with Crippen LogP contribution in [-0.4, -0.2) is 11.3 Å². The zero-order valence-electron chi connectivity index (χ0n) is 55.7. The molecule has 0 saturated carbocycles. The fourth-order valence-corrected chi connectivity index (χ4v) is 14.0. The van der Waals surface area contributed by atoms with E-state index in [0.717, 1.165) is 83.1 Å². The molecular weight excluding hydrogens is 1030 g/mol. The highest BCUT2D eigenvalue weighted by atomic mass is 32.2. The number of anilines is 3. The van der Waals surface area contributed by atoms with Gasteiger partial charge in [-0.3, -0.25) is 0 Å². The molecule has 0 radical (unpaired) electrons. The Morgan fingerprint density at radius 2 is 0.917 bits per heavy atom. The predicted molar refractivity (Wildman–Crippen MR) is 366 cm³/mol. The Morgan fingerprint density at radius 3 is 1.51 bits per heavy atom. The number of hydrogen-bond donors (Lipinski definition) is 0. The average Bonchev–Trinajstić information content (AvgIpc) is 1.05. The molecule has 1 aromatic heterocycles. The van der Waals surface area contributed by atoms with Crippen LogP contribution in [0.5, 0.6) is 0 Å². The number of benzene rings is 10. The second-order valence-electron chi connectivity index (χ2n) is 28.8. The number of nitrogens with zero attached hydrogens (tertiary/aromatic N) is 2. The van der Waals surface area contributed by atoms with E-state index in [1.165, 1.54) is 49.1 Å². The molecule has 84 heavy (non-hydrogen) atoms. The minimum absolute atomic E-state index is 0.0375. The first kappa shape index (κ1) is 50.7. The molecule has 0 aliphatic carbocycles. The third-order valence-electron chi connectivity index (χ3n) is 17.8. The second-order valence-corrected chi connectivity index (χ2v) is 29.9. The summed E-state index contributed by atoms with van der Waals surface area (Å²) in [6.45, 7) is 33.9. The molecule has 418 valence electrons. The van der Waals surface area contributed by atoms with Crippen LogP contribution in [0.2, 0.25) is 0 Å². The molecule has 2 nitrogen and oxygen atoms in total. The van der Waals surface area contributed by atoms with Gasteiger partial charge in [0.15, 0.2) is 0 Å². The van der Waals surface area contributed by atoms with Crippen LogP contribution < -0.4 is 21.3 Å². The van der Waals surface area contributed by atoms with Crippen molar-refractivity contribution in [3.8, 4) is 50.2 Å². The molecule has 2 aliphatic heterocycles. The Bertz CT molecular complexity index is 4530. The largest absolute Gasteiger partial charge is 0.310 e. The quantitative estimate of drug-likeness (QED) is 0.153. The molecule has 0 amide bonds. The molecular formula is C80H79BN2S. The minimum atomic E-state index is -0.253. The fourth-order valence-electron chi connectivity index (χ4n) is 12.8. The molecule has 13 rings (SSSR count). The van der Waals surface area contributed by atoms with Crippen molar-refractivity contribution in [1.29, 1.82) is 0 Å². The second kappa shape index (κ2) is 19.9. The maximum atomic E-state index is 9.84. The van der Waals surface area contributed by atoms with Crippen LogP contribution in [-0.2, 0) is 27.1 Å². The Balaban J connectivity index is 1.19. The van der Waals surface area contributed by atoms with Crippen molar-refractivity contribution < 1.29 is 5.48 Å². The van der Waals surface area contributed by atoms with Gasteiger partial charge in [-0.25, -0.2) is 0 Å². The van der Waals surface area contributed by atoms with Crippen LogP contribution >= 0.6 is 11.8 Å². The first-order chi connectivity index (χ1) is 41.4. The predicted octanol–water partition coefficient (Wildman–Crippen LogP) is 20.7. The normalized spacial score (nSPS) is 14.2. The minimum Gasteiger partial charge on any atom is -0.310 e. The van der Waals surface area contributed by atoms with Crippen molar-refractivity contribution in [1.82, 2.24) is 4.57 Å². The van der Waals surface area contributed by atoms with Crippen LogP contribution in [0.25, 0.3) is 72.0 Å². The van der Waals surface area contributed by atoms with Crippen molar-refractivity contribution in [2.75, 3.05) is 4.90 Å². The number of para-hydroxylation sites is 2. The van der Waals surface area contributed by atoms with E-state index in [4.69, 9.17) is 1.37 Å². The summed E-state index contributed by atoms with van der Waals surface area (Å²) in [6.07, 6.45) is 0. The summed E-state index contributed by atoms with van der Waals surface area (Å²) < 4.78 is 39.9. The first-order valence-corrected chi connectivity index (χ1v) is 30.8. The lowest BCUT2D eigenvalue weighted by atomic mass is 9.34. The molecule has 0 atom stereocenters. The average molecular weight is 1120 g/mol. The zero-order chi connectivity index (χ0) is 62.5. The number of rotatable bonds is 6. The molecule has 0 fully saturated rings. The standard InChI is InChI=1S/C80H79BN2S/c1-76(2,3)56-34-28-51(29-35-56)62-25-21-26-63(52-30-36-57(37-31-52)77(4,5)6)75(62)83-70-40-33-53(55-42-59(79(10,11)12)46-60(43-55)80(13,14)15)44-67(70)81-66-39-32-54(50-22-17-16-18-23-50)45-72(66)84-73-49-61(48-71(83)74(73)81)82-68-27-20-19-24-64(68)65-47-58(78(7,8)9)38-41-69(65)82/h16-49H,1-15H3/i19D,20D,24D,27D. The summed E-state index contributed by atoms with van der Waals surface area (Å²) in [6, 6.07) is 67.9. The topological polar surface area (TPSA) is 8.17 Å². The number of hydrogen-bond acceptors (Lipinski definition) is 2. The van der Waals surface area contributed by atoms with E-state index >= 15 is 0 Å². The van der Waals surface area contributed by atoms with E-state index in [-0.39, 0.29) is 58.0 Å². The number of fused-ring (bicyclic) bond motifs is 7. The van der Waals surface area contributed by atoms with Crippen LogP contribution in [0, 0.1) is 0 Å². The lowest BCUT2D eigenvalue weighted by molar-refractivity contribution is 0.569. The molecule has 3 heterocycles. The molecule has 0 spiro atoms. The molecule has 4 heteroatoms. The SMILES string of the molecule is [2H]c1c([2H])c([2H])c2c(c1[2H])c1cc(C(C)(C)C)ccc1n2-c1cc2c3c(c1)N(c1c(-c4ccc(C(C)(C)C)cc4)cccc1-c1ccc(C(C)(C)C)cc1)c1ccc(-c4cc(C(C)(C)C)cc(C(C)(C)C)c4)cc1B3c1ccc(-c3ccccc3)cc1S2. The van der Waals surface area contributed by atoms with Crippen LogP contribution in [0.4, 0.5) is 17.1 Å². The Morgan fingerprint density at radius 1 is 0.369 bits per heavy atom. The third-order valence-corrected chi connectivity index (χ3v) is 18.9. The van der Waals surface area contributed by atoms with Crippen molar-refractivity contribution in [2.24, 2.45) is 0 Å². The lowest BCUT2D eigenvalue weighted by Gasteiger charge is -2.42. The van der Waals surface area contributed by atoms with E-state index in [1.807, 2.05) is 0 Å². The van der Waals surface area contributed by atoms with Crippen molar-refractivity contribution in [3.63, 3.8) is 0 Å². The van der Waals surface area contributed by atoms with E-state index in [2.05, 4.69) is 295 Å². The summed E-state index contributed by atoms with van der Waals surface area (Å²) in [5.41, 5.74) is 23.7. The molecule has 0 saturated heterocycles. The Kier molecular flexibility index (Phi) is 12.0. The van der Waals surface area contributed by atoms with Gasteiger partial charge in [-0.05, 0) is 142 Å². The smallest absolute Gasteiger partial charge is 0.249 e. The first-order valence-electron chi connectivity index (χ1n) is 32.0. The van der Waals surface area contributed by atoms with Gasteiger partial charge in [0.25, 0.3) is 0 Å². The van der Waals surface area contributed by atoms with E-state index in [1.54, 1.807) is 11.8 Å². The van der Waals surface area contributed by atoms with Crippen LogP contribution in [0.1, 0.15) is 137 Å². The summed E-state index contributed by atoms with van der Waals surface area (Å²) in [5.74, 6) is 0. The van der Waals surface area contributed by atoms with Gasteiger partial charge in [0.2, 0.25) is 6.71 Å². The number of aromatic nitrogens is 1. The van der Waals surface area contributed by atoms with Gasteiger partial charge in [-0.2, -0.15) is 0 Å². The van der Waals surface area contributed by atoms with E-state index in [9.17, 15) is 4.11 Å². The van der Waals surface area contributed by atoms with Gasteiger partial charge >= 0.3 is 0 Å². The van der Waals surface area contributed by atoms with Gasteiger partial charge in [0.05, 0.1) is 22.2 Å². The van der Waals surface area contributed by atoms with Crippen LogP contribution in [0.15, 0.2) is 216 Å². The Hall–Kier alpha value is -7.79. The molecule has 10 aromatic carbocycles. The van der Waals surface area contributed by atoms with Crippen molar-refractivity contribution >= 4 is 73.7 Å². The zero-order valence-corrected chi connectivity index (χ0v) is 52.5. The van der Waals surface area contributed by atoms with E-state index < -0.39 is 0 Å². The maximum Gasteiger partial charge on any atom is 0.249 e. The molecule has 0 N–H and O–H groups in total. The molecule has 0 unspecified atom stereocenters. The van der Waals surface area contributed by atoms with Gasteiger partial charge in [-0.1, -0.05) is 285 Å². The van der Waals surface area contributed by atoms with Gasteiger partial charge < -0.3 is 9.47 Å². The monoisotopic (exact) mass is 1110 g/mol. The lowest BCUT2D eigenvalue weighted by Crippen LogP contribution is -2.60. The van der Waals surface area contributed by atoms with Gasteiger partial charge in [0, 0.05) is 48.8 Å². The highest BCUT2D eigenvalue weighted by Gasteiger charge is 2.43. The van der Waals surface area contributed by atoms with Gasteiger partial charge in [-0.15, -0.1) is 0 Å². The fraction of sp³-hybridized carbons (Fsp3) is 0.250. The molecule has 0 bridgehead atoms.